The number of carbonyl (C=O) groups is 1. The van der Waals surface area contributed by atoms with E-state index in [2.05, 4.69) is 15.5 Å². The van der Waals surface area contributed by atoms with Crippen molar-refractivity contribution >= 4 is 5.91 Å². The van der Waals surface area contributed by atoms with Crippen LogP contribution in [0, 0.1) is 5.82 Å². The molecule has 1 aromatic heterocycles. The Labute approximate surface area is 160 Å². The molecule has 0 aliphatic carbocycles. The molecule has 1 heterocycles. The van der Waals surface area contributed by atoms with E-state index >= 15 is 0 Å². The Hall–Kier alpha value is -3.80. The molecular weight excluding hydrogens is 357 g/mol. The molecule has 0 saturated heterocycles. The normalized spacial score (nSPS) is 10.6. The third-order valence-electron chi connectivity index (χ3n) is 4.23. The van der Waals surface area contributed by atoms with Gasteiger partial charge in [0, 0.05) is 12.1 Å². The van der Waals surface area contributed by atoms with Crippen molar-refractivity contribution in [3.8, 4) is 22.8 Å². The molecule has 28 heavy (non-hydrogen) atoms. The molecule has 0 saturated carbocycles. The van der Waals surface area contributed by atoms with Crippen molar-refractivity contribution in [1.82, 2.24) is 15.5 Å². The van der Waals surface area contributed by atoms with Gasteiger partial charge in [-0.05, 0) is 29.8 Å². The Bertz CT molecular complexity index is 1090. The fraction of sp³-hybridized carbons (Fsp3) is 0.0455. The minimum atomic E-state index is -0.314. The predicted octanol–water partition coefficient (Wildman–Crippen LogP) is 4.47. The number of hydrogen-bond donors (Lipinski definition) is 1. The quantitative estimate of drug-likeness (QED) is 0.560. The van der Waals surface area contributed by atoms with Crippen LogP contribution in [-0.4, -0.2) is 16.0 Å². The van der Waals surface area contributed by atoms with Crippen molar-refractivity contribution in [3.05, 3.63) is 95.8 Å². The molecule has 0 aliphatic heterocycles. The largest absolute Gasteiger partial charge is 0.348 e. The minimum absolute atomic E-state index is 0.270. The molecule has 0 radical (unpaired) electrons. The van der Waals surface area contributed by atoms with Crippen LogP contribution in [0.1, 0.15) is 15.9 Å². The Morgan fingerprint density at radius 1 is 0.929 bits per heavy atom. The third-order valence-corrected chi connectivity index (χ3v) is 4.23. The zero-order valence-corrected chi connectivity index (χ0v) is 14.8. The van der Waals surface area contributed by atoms with Gasteiger partial charge in [0.25, 0.3) is 11.8 Å². The molecule has 5 nitrogen and oxygen atoms in total. The van der Waals surface area contributed by atoms with Gasteiger partial charge in [-0.15, -0.1) is 0 Å². The van der Waals surface area contributed by atoms with E-state index in [1.54, 1.807) is 36.4 Å². The number of hydrogen-bond acceptors (Lipinski definition) is 4. The van der Waals surface area contributed by atoms with Crippen LogP contribution < -0.4 is 5.32 Å². The summed E-state index contributed by atoms with van der Waals surface area (Å²) in [6.07, 6.45) is 0. The van der Waals surface area contributed by atoms with Gasteiger partial charge in [-0.2, -0.15) is 4.98 Å². The standard InChI is InChI=1S/C22H16FN3O2/c23-17-12-10-15(11-13-17)14-24-21(27)18-8-4-5-9-19(18)22-25-20(26-28-22)16-6-2-1-3-7-16/h1-13H,14H2,(H,24,27). The average Bonchev–Trinajstić information content (AvgIpc) is 3.24. The van der Waals surface area contributed by atoms with Crippen LogP contribution in [0.4, 0.5) is 4.39 Å². The van der Waals surface area contributed by atoms with E-state index in [1.807, 2.05) is 30.3 Å². The van der Waals surface area contributed by atoms with Gasteiger partial charge in [-0.25, -0.2) is 4.39 Å². The number of halogens is 1. The highest BCUT2D eigenvalue weighted by Gasteiger charge is 2.17. The molecule has 0 bridgehead atoms. The second-order valence-corrected chi connectivity index (χ2v) is 6.14. The summed E-state index contributed by atoms with van der Waals surface area (Å²) < 4.78 is 18.4. The van der Waals surface area contributed by atoms with E-state index in [1.165, 1.54) is 12.1 Å². The molecule has 4 aromatic rings. The topological polar surface area (TPSA) is 68.0 Å². The number of amides is 1. The number of carbonyl (C=O) groups excluding carboxylic acids is 1. The Morgan fingerprint density at radius 2 is 1.64 bits per heavy atom. The third kappa shape index (κ3) is 3.81. The Balaban J connectivity index is 1.56. The first-order valence-corrected chi connectivity index (χ1v) is 8.72. The first-order valence-electron chi connectivity index (χ1n) is 8.72. The fourth-order valence-electron chi connectivity index (χ4n) is 2.78. The van der Waals surface area contributed by atoms with Crippen molar-refractivity contribution < 1.29 is 13.7 Å². The van der Waals surface area contributed by atoms with E-state index in [4.69, 9.17) is 4.52 Å². The number of nitrogens with zero attached hydrogens (tertiary/aromatic N) is 2. The molecule has 0 spiro atoms. The van der Waals surface area contributed by atoms with Crippen LogP contribution in [-0.2, 0) is 6.54 Å². The maximum atomic E-state index is 13.0. The smallest absolute Gasteiger partial charge is 0.259 e. The first kappa shape index (κ1) is 17.6. The molecule has 0 aliphatic rings. The molecule has 4 rings (SSSR count). The predicted molar refractivity (Wildman–Crippen MR) is 103 cm³/mol. The summed E-state index contributed by atoms with van der Waals surface area (Å²) in [5.41, 5.74) is 2.61. The maximum Gasteiger partial charge on any atom is 0.259 e. The van der Waals surface area contributed by atoms with Crippen molar-refractivity contribution in [3.63, 3.8) is 0 Å². The highest BCUT2D eigenvalue weighted by atomic mass is 19.1. The molecule has 0 atom stereocenters. The van der Waals surface area contributed by atoms with Crippen LogP contribution in [0.2, 0.25) is 0 Å². The van der Waals surface area contributed by atoms with E-state index in [0.29, 0.717) is 17.0 Å². The zero-order chi connectivity index (χ0) is 19.3. The Morgan fingerprint density at radius 3 is 2.43 bits per heavy atom. The van der Waals surface area contributed by atoms with Gasteiger partial charge in [0.05, 0.1) is 11.1 Å². The SMILES string of the molecule is O=C(NCc1ccc(F)cc1)c1ccccc1-c1nc(-c2ccccc2)no1. The number of aromatic nitrogens is 2. The molecule has 6 heteroatoms. The van der Waals surface area contributed by atoms with E-state index in [9.17, 15) is 9.18 Å². The molecule has 0 unspecified atom stereocenters. The summed E-state index contributed by atoms with van der Waals surface area (Å²) in [6, 6.07) is 22.5. The first-order chi connectivity index (χ1) is 13.7. The summed E-state index contributed by atoms with van der Waals surface area (Å²) >= 11 is 0. The van der Waals surface area contributed by atoms with Gasteiger partial charge in [0.1, 0.15) is 5.82 Å². The summed E-state index contributed by atoms with van der Waals surface area (Å²) in [5, 5.41) is 6.84. The highest BCUT2D eigenvalue weighted by molar-refractivity contribution is 6.00. The van der Waals surface area contributed by atoms with Gasteiger partial charge in [-0.3, -0.25) is 4.79 Å². The highest BCUT2D eigenvalue weighted by Crippen LogP contribution is 2.25. The number of nitrogens with one attached hydrogen (secondary N) is 1. The summed E-state index contributed by atoms with van der Waals surface area (Å²) in [5.74, 6) is 0.133. The van der Waals surface area contributed by atoms with Gasteiger partial charge in [0.2, 0.25) is 5.82 Å². The maximum absolute atomic E-state index is 13.0. The lowest BCUT2D eigenvalue weighted by molar-refractivity contribution is 0.0951. The van der Waals surface area contributed by atoms with Crippen molar-refractivity contribution in [2.75, 3.05) is 0 Å². The van der Waals surface area contributed by atoms with Crippen molar-refractivity contribution in [2.45, 2.75) is 6.54 Å². The molecule has 138 valence electrons. The summed E-state index contributed by atoms with van der Waals surface area (Å²) in [7, 11) is 0. The second kappa shape index (κ2) is 7.84. The Kier molecular flexibility index (Phi) is 4.93. The summed E-state index contributed by atoms with van der Waals surface area (Å²) in [6.45, 7) is 0.284. The fourth-order valence-corrected chi connectivity index (χ4v) is 2.78. The van der Waals surface area contributed by atoms with Crippen LogP contribution in [0.15, 0.2) is 83.4 Å². The van der Waals surface area contributed by atoms with Gasteiger partial charge in [-0.1, -0.05) is 59.8 Å². The monoisotopic (exact) mass is 373 g/mol. The lowest BCUT2D eigenvalue weighted by atomic mass is 10.1. The van der Waals surface area contributed by atoms with Crippen LogP contribution in [0.5, 0.6) is 0 Å². The van der Waals surface area contributed by atoms with Crippen molar-refractivity contribution in [2.24, 2.45) is 0 Å². The van der Waals surface area contributed by atoms with Crippen LogP contribution >= 0.6 is 0 Å². The second-order valence-electron chi connectivity index (χ2n) is 6.14. The average molecular weight is 373 g/mol. The number of rotatable bonds is 5. The molecule has 3 aromatic carbocycles. The van der Waals surface area contributed by atoms with E-state index in [-0.39, 0.29) is 24.2 Å². The van der Waals surface area contributed by atoms with Crippen LogP contribution in [0.25, 0.3) is 22.8 Å². The number of benzene rings is 3. The molecule has 1 amide bonds. The minimum Gasteiger partial charge on any atom is -0.348 e. The van der Waals surface area contributed by atoms with Crippen LogP contribution in [0.3, 0.4) is 0 Å². The lowest BCUT2D eigenvalue weighted by Gasteiger charge is -2.08. The van der Waals surface area contributed by atoms with E-state index < -0.39 is 0 Å². The zero-order valence-electron chi connectivity index (χ0n) is 14.8. The molecule has 1 N–H and O–H groups in total. The van der Waals surface area contributed by atoms with E-state index in [0.717, 1.165) is 11.1 Å². The van der Waals surface area contributed by atoms with Gasteiger partial charge in [0.15, 0.2) is 0 Å². The van der Waals surface area contributed by atoms with Gasteiger partial charge >= 0.3 is 0 Å². The lowest BCUT2D eigenvalue weighted by Crippen LogP contribution is -2.23. The molecular formula is C22H16FN3O2. The molecule has 0 fully saturated rings. The van der Waals surface area contributed by atoms with Crippen molar-refractivity contribution in [1.29, 1.82) is 0 Å². The summed E-state index contributed by atoms with van der Waals surface area (Å²) in [4.78, 5) is 17.1. The van der Waals surface area contributed by atoms with Gasteiger partial charge < -0.3 is 9.84 Å².